The van der Waals surface area contributed by atoms with Crippen molar-refractivity contribution in [2.24, 2.45) is 0 Å². The molecule has 2 unspecified atom stereocenters. The van der Waals surface area contributed by atoms with Crippen LogP contribution in [0, 0.1) is 0 Å². The second-order valence-corrected chi connectivity index (χ2v) is 15.1. The summed E-state index contributed by atoms with van der Waals surface area (Å²) >= 11 is 0. The Labute approximate surface area is 352 Å². The van der Waals surface area contributed by atoms with Crippen molar-refractivity contribution in [2.45, 2.75) is 12.2 Å². The first-order chi connectivity index (χ1) is 29.8. The van der Waals surface area contributed by atoms with Crippen LogP contribution in [-0.2, 0) is 0 Å². The molecule has 0 radical (unpaired) electrons. The summed E-state index contributed by atoms with van der Waals surface area (Å²) in [7, 11) is 0. The second kappa shape index (κ2) is 16.7. The molecule has 0 aliphatic carbocycles. The minimum Gasteiger partial charge on any atom is -0.366 e. The topological polar surface area (TPSA) is 37.0 Å². The van der Waals surface area contributed by atoms with E-state index < -0.39 is 0 Å². The van der Waals surface area contributed by atoms with E-state index in [4.69, 9.17) is 4.98 Å². The third kappa shape index (κ3) is 7.35. The van der Waals surface area contributed by atoms with Gasteiger partial charge in [0.25, 0.3) is 0 Å². The van der Waals surface area contributed by atoms with Crippen molar-refractivity contribution < 1.29 is 0 Å². The van der Waals surface area contributed by atoms with E-state index in [1.54, 1.807) is 0 Å². The van der Waals surface area contributed by atoms with Crippen LogP contribution >= 0.6 is 0 Å². The van der Waals surface area contributed by atoms with Crippen molar-refractivity contribution in [3.8, 4) is 67.0 Å². The minimum atomic E-state index is -0.136. The predicted molar refractivity (Wildman–Crippen MR) is 249 cm³/mol. The summed E-state index contributed by atoms with van der Waals surface area (Å²) in [5.74, 6) is 0. The number of aromatic nitrogens is 1. The number of hydrogen-bond acceptors (Lipinski definition) is 3. The molecule has 3 heteroatoms. The van der Waals surface area contributed by atoms with Crippen LogP contribution in [0.5, 0.6) is 0 Å². The highest BCUT2D eigenvalue weighted by Gasteiger charge is 2.28. The molecular weight excluding hydrogens is 727 g/mol. The minimum absolute atomic E-state index is 0.00705. The lowest BCUT2D eigenvalue weighted by atomic mass is 9.83. The van der Waals surface area contributed by atoms with Crippen molar-refractivity contribution >= 4 is 5.70 Å². The fourth-order valence-corrected chi connectivity index (χ4v) is 8.54. The Kier molecular flexibility index (Phi) is 10.2. The predicted octanol–water partition coefficient (Wildman–Crippen LogP) is 14.1. The van der Waals surface area contributed by atoms with Gasteiger partial charge in [0.15, 0.2) is 0 Å². The molecule has 1 aliphatic rings. The molecule has 10 rings (SSSR count). The number of nitrogens with one attached hydrogen (secondary N) is 2. The summed E-state index contributed by atoms with van der Waals surface area (Å²) < 4.78 is 0. The quantitative estimate of drug-likeness (QED) is 0.154. The van der Waals surface area contributed by atoms with E-state index in [-0.39, 0.29) is 12.2 Å². The largest absolute Gasteiger partial charge is 0.366 e. The monoisotopic (exact) mass is 769 g/mol. The second-order valence-electron chi connectivity index (χ2n) is 15.1. The average Bonchev–Trinajstić information content (AvgIpc) is 3.35. The summed E-state index contributed by atoms with van der Waals surface area (Å²) in [5.41, 5.74) is 17.8. The van der Waals surface area contributed by atoms with Gasteiger partial charge in [-0.15, -0.1) is 0 Å². The highest BCUT2D eigenvalue weighted by atomic mass is 15.2. The zero-order valence-electron chi connectivity index (χ0n) is 33.1. The van der Waals surface area contributed by atoms with Gasteiger partial charge >= 0.3 is 0 Å². The van der Waals surface area contributed by atoms with Crippen molar-refractivity contribution in [2.75, 3.05) is 0 Å². The Morgan fingerprint density at radius 2 is 0.733 bits per heavy atom. The Morgan fingerprint density at radius 1 is 0.333 bits per heavy atom. The summed E-state index contributed by atoms with van der Waals surface area (Å²) in [6, 6.07) is 81.9. The van der Waals surface area contributed by atoms with Crippen LogP contribution in [0.2, 0.25) is 0 Å². The van der Waals surface area contributed by atoms with Gasteiger partial charge in [-0.05, 0) is 50.6 Å². The molecule has 1 aromatic heterocycles. The van der Waals surface area contributed by atoms with E-state index in [1.165, 1.54) is 22.3 Å². The van der Waals surface area contributed by atoms with Gasteiger partial charge in [-0.1, -0.05) is 231 Å². The van der Waals surface area contributed by atoms with Gasteiger partial charge in [0, 0.05) is 33.5 Å². The summed E-state index contributed by atoms with van der Waals surface area (Å²) in [6.45, 7) is 0. The zero-order valence-corrected chi connectivity index (χ0v) is 33.1. The first-order valence-electron chi connectivity index (χ1n) is 20.6. The van der Waals surface area contributed by atoms with Crippen molar-refractivity contribution in [3.63, 3.8) is 0 Å². The van der Waals surface area contributed by atoms with Crippen molar-refractivity contribution in [1.82, 2.24) is 15.6 Å². The number of benzene rings is 8. The molecule has 2 atom stereocenters. The molecule has 0 fully saturated rings. The molecule has 2 heterocycles. The van der Waals surface area contributed by atoms with Crippen LogP contribution in [0.15, 0.2) is 237 Å². The number of pyridine rings is 1. The third-order valence-corrected chi connectivity index (χ3v) is 11.4. The van der Waals surface area contributed by atoms with E-state index >= 15 is 0 Å². The number of hydrogen-bond donors (Lipinski definition) is 2. The van der Waals surface area contributed by atoms with E-state index in [9.17, 15) is 0 Å². The fraction of sp³-hybridized carbons (Fsp3) is 0.0351. The summed E-state index contributed by atoms with van der Waals surface area (Å²) in [4.78, 5) is 5.62. The first kappa shape index (κ1) is 36.7. The Bertz CT molecular complexity index is 2770. The third-order valence-electron chi connectivity index (χ3n) is 11.4. The Hall–Kier alpha value is -7.59. The molecule has 3 nitrogen and oxygen atoms in total. The number of rotatable bonds is 9. The molecule has 0 saturated heterocycles. The van der Waals surface area contributed by atoms with Gasteiger partial charge in [-0.2, -0.15) is 0 Å². The van der Waals surface area contributed by atoms with Crippen LogP contribution in [0.3, 0.4) is 0 Å². The summed E-state index contributed by atoms with van der Waals surface area (Å²) in [6.07, 6.45) is 2.19. The molecule has 1 aliphatic heterocycles. The molecule has 2 N–H and O–H groups in total. The first-order valence-corrected chi connectivity index (χ1v) is 20.6. The van der Waals surface area contributed by atoms with E-state index in [0.29, 0.717) is 0 Å². The van der Waals surface area contributed by atoms with Crippen LogP contribution in [0.4, 0.5) is 0 Å². The SMILES string of the molecule is C1=C(c2ccc(-c3c(-c4ccccc4)c(-c4ccccc4)nc(-c4ccccc4)c3-c3ccccc3)cc2)NC(c2ccccc2-c2ccccc2)NC1c1ccccc1. The normalized spacial score (nSPS) is 14.8. The molecule has 60 heavy (non-hydrogen) atoms. The highest BCUT2D eigenvalue weighted by Crippen LogP contribution is 2.49. The lowest BCUT2D eigenvalue weighted by Gasteiger charge is -2.34. The van der Waals surface area contributed by atoms with Crippen LogP contribution < -0.4 is 10.6 Å². The lowest BCUT2D eigenvalue weighted by molar-refractivity contribution is 0.443. The molecular formula is C57H43N3. The summed E-state index contributed by atoms with van der Waals surface area (Å²) in [5, 5.41) is 7.86. The smallest absolute Gasteiger partial charge is 0.105 e. The molecule has 0 amide bonds. The van der Waals surface area contributed by atoms with Crippen molar-refractivity contribution in [1.29, 1.82) is 0 Å². The lowest BCUT2D eigenvalue weighted by Crippen LogP contribution is -2.39. The van der Waals surface area contributed by atoms with E-state index in [1.807, 2.05) is 0 Å². The maximum Gasteiger partial charge on any atom is 0.105 e. The fourth-order valence-electron chi connectivity index (χ4n) is 8.54. The average molecular weight is 770 g/mol. The van der Waals surface area contributed by atoms with Crippen LogP contribution in [0.1, 0.15) is 28.9 Å². The Balaban J connectivity index is 1.16. The standard InChI is InChI=1S/C57H43N3/c1-7-21-40(22-8-1)48-33-19-20-34-49(48)57-58-50(41-23-9-2-10-24-41)39-51(59-57)42-35-37-45(38-36-42)52-53(43-25-11-3-12-26-43)55(46-29-15-5-16-30-46)60-56(47-31-17-6-18-32-47)54(52)44-27-13-4-14-28-44/h1-39,50,57-59H. The van der Waals surface area contributed by atoms with Gasteiger partial charge < -0.3 is 5.32 Å². The molecule has 0 spiro atoms. The van der Waals surface area contributed by atoms with Gasteiger partial charge in [-0.3, -0.25) is 5.32 Å². The van der Waals surface area contributed by atoms with E-state index in [0.717, 1.165) is 67.2 Å². The van der Waals surface area contributed by atoms with Crippen LogP contribution in [-0.4, -0.2) is 4.98 Å². The molecule has 9 aromatic rings. The van der Waals surface area contributed by atoms with Crippen LogP contribution in [0.25, 0.3) is 72.7 Å². The highest BCUT2D eigenvalue weighted by molar-refractivity contribution is 6.05. The van der Waals surface area contributed by atoms with Gasteiger partial charge in [0.2, 0.25) is 0 Å². The molecule has 8 aromatic carbocycles. The van der Waals surface area contributed by atoms with Gasteiger partial charge in [-0.25, -0.2) is 4.98 Å². The van der Waals surface area contributed by atoms with Gasteiger partial charge in [0.1, 0.15) is 6.17 Å². The van der Waals surface area contributed by atoms with Gasteiger partial charge in [0.05, 0.1) is 17.4 Å². The Morgan fingerprint density at radius 3 is 1.25 bits per heavy atom. The maximum atomic E-state index is 5.62. The zero-order chi connectivity index (χ0) is 40.1. The van der Waals surface area contributed by atoms with Crippen molar-refractivity contribution in [3.05, 3.63) is 253 Å². The number of nitrogens with zero attached hydrogens (tertiary/aromatic N) is 1. The molecule has 0 saturated carbocycles. The van der Waals surface area contributed by atoms with E-state index in [2.05, 4.69) is 247 Å². The molecule has 286 valence electrons. The maximum absolute atomic E-state index is 5.62. The molecule has 0 bridgehead atoms.